The fraction of sp³-hybridized carbons (Fsp3) is 0.741. The Morgan fingerprint density at radius 1 is 0.950 bits per heavy atom. The SMILES string of the molecule is CC/C=C\C/C=C\C/C=C\CCCCCCOCC(COC1OC(CO)C(O)C(OS(=O)(=O)O)C1O)OC(C)=O. The fourth-order valence-electron chi connectivity index (χ4n) is 3.86. The van der Waals surface area contributed by atoms with E-state index in [1.165, 1.54) is 6.92 Å². The number of ether oxygens (including phenoxy) is 4. The lowest BCUT2D eigenvalue weighted by atomic mass is 9.99. The average Bonchev–Trinajstić information content (AvgIpc) is 2.89. The highest BCUT2D eigenvalue weighted by molar-refractivity contribution is 7.80. The molecule has 1 heterocycles. The molecule has 0 aromatic rings. The van der Waals surface area contributed by atoms with Crippen LogP contribution in [0.4, 0.5) is 0 Å². The first-order chi connectivity index (χ1) is 19.1. The zero-order chi connectivity index (χ0) is 29.8. The summed E-state index contributed by atoms with van der Waals surface area (Å²) in [6.45, 7) is 2.72. The van der Waals surface area contributed by atoms with E-state index in [9.17, 15) is 28.5 Å². The van der Waals surface area contributed by atoms with Crippen LogP contribution in [-0.4, -0.2) is 97.5 Å². The average molecular weight is 595 g/mol. The number of hydrogen-bond acceptors (Lipinski definition) is 11. The maximum Gasteiger partial charge on any atom is 0.397 e. The smallest absolute Gasteiger partial charge is 0.397 e. The minimum absolute atomic E-state index is 0.00386. The van der Waals surface area contributed by atoms with Crippen molar-refractivity contribution in [3.8, 4) is 0 Å². The molecule has 0 aromatic carbocycles. The monoisotopic (exact) mass is 594 g/mol. The first-order valence-electron chi connectivity index (χ1n) is 13.7. The molecule has 232 valence electrons. The molecule has 0 bridgehead atoms. The molecular weight excluding hydrogens is 548 g/mol. The largest absolute Gasteiger partial charge is 0.458 e. The molecule has 1 aliphatic rings. The summed E-state index contributed by atoms with van der Waals surface area (Å²) in [4.78, 5) is 11.5. The van der Waals surface area contributed by atoms with Crippen LogP contribution in [0.1, 0.15) is 65.2 Å². The van der Waals surface area contributed by atoms with Gasteiger partial charge in [-0.15, -0.1) is 0 Å². The fourth-order valence-corrected chi connectivity index (χ4v) is 4.37. The second kappa shape index (κ2) is 21.1. The molecule has 0 aliphatic carbocycles. The Labute approximate surface area is 237 Å². The molecule has 0 spiro atoms. The highest BCUT2D eigenvalue weighted by Gasteiger charge is 2.47. The van der Waals surface area contributed by atoms with Crippen molar-refractivity contribution in [1.29, 1.82) is 0 Å². The highest BCUT2D eigenvalue weighted by Crippen LogP contribution is 2.25. The molecule has 0 aromatic heterocycles. The van der Waals surface area contributed by atoms with Crippen LogP contribution in [0, 0.1) is 0 Å². The Morgan fingerprint density at radius 2 is 1.60 bits per heavy atom. The number of aliphatic hydroxyl groups is 3. The van der Waals surface area contributed by atoms with Gasteiger partial charge in [0.05, 0.1) is 19.8 Å². The van der Waals surface area contributed by atoms with Crippen LogP contribution in [0.15, 0.2) is 36.5 Å². The molecular formula is C27H46O12S. The lowest BCUT2D eigenvalue weighted by Crippen LogP contribution is -2.60. The van der Waals surface area contributed by atoms with Crippen molar-refractivity contribution in [2.75, 3.05) is 26.4 Å². The van der Waals surface area contributed by atoms with E-state index in [-0.39, 0.29) is 13.2 Å². The number of allylic oxidation sites excluding steroid dienone is 6. The second-order valence-electron chi connectivity index (χ2n) is 9.33. The predicted molar refractivity (Wildman–Crippen MR) is 147 cm³/mol. The van der Waals surface area contributed by atoms with Gasteiger partial charge in [0.2, 0.25) is 0 Å². The highest BCUT2D eigenvalue weighted by atomic mass is 32.3. The van der Waals surface area contributed by atoms with E-state index in [2.05, 4.69) is 47.6 Å². The Bertz CT molecular complexity index is 873. The van der Waals surface area contributed by atoms with E-state index >= 15 is 0 Å². The third-order valence-corrected chi connectivity index (χ3v) is 6.29. The summed E-state index contributed by atoms with van der Waals surface area (Å²) in [6, 6.07) is 0. The molecule has 1 saturated heterocycles. The molecule has 1 aliphatic heterocycles. The molecule has 0 saturated carbocycles. The van der Waals surface area contributed by atoms with Gasteiger partial charge in [0.1, 0.15) is 30.5 Å². The van der Waals surface area contributed by atoms with Gasteiger partial charge in [-0.1, -0.05) is 56.2 Å². The molecule has 1 rings (SSSR count). The number of rotatable bonds is 21. The van der Waals surface area contributed by atoms with Crippen LogP contribution in [0.2, 0.25) is 0 Å². The van der Waals surface area contributed by atoms with Gasteiger partial charge in [-0.3, -0.25) is 9.35 Å². The summed E-state index contributed by atoms with van der Waals surface area (Å²) in [5.41, 5.74) is 0. The lowest BCUT2D eigenvalue weighted by Gasteiger charge is -2.41. The van der Waals surface area contributed by atoms with E-state index < -0.39 is 59.8 Å². The van der Waals surface area contributed by atoms with Gasteiger partial charge in [-0.2, -0.15) is 8.42 Å². The normalized spacial score (nSPS) is 24.8. The van der Waals surface area contributed by atoms with Crippen LogP contribution in [0.5, 0.6) is 0 Å². The number of aliphatic hydroxyl groups excluding tert-OH is 3. The number of hydrogen-bond donors (Lipinski definition) is 4. The minimum Gasteiger partial charge on any atom is -0.458 e. The quantitative estimate of drug-likeness (QED) is 0.0661. The van der Waals surface area contributed by atoms with E-state index in [0.717, 1.165) is 51.4 Å². The molecule has 40 heavy (non-hydrogen) atoms. The van der Waals surface area contributed by atoms with Crippen molar-refractivity contribution in [2.24, 2.45) is 0 Å². The van der Waals surface area contributed by atoms with Gasteiger partial charge in [-0.25, -0.2) is 4.18 Å². The van der Waals surface area contributed by atoms with Crippen molar-refractivity contribution >= 4 is 16.4 Å². The summed E-state index contributed by atoms with van der Waals surface area (Å²) >= 11 is 0. The van der Waals surface area contributed by atoms with Crippen molar-refractivity contribution in [1.82, 2.24) is 0 Å². The maximum atomic E-state index is 11.5. The van der Waals surface area contributed by atoms with Gasteiger partial charge >= 0.3 is 16.4 Å². The molecule has 0 radical (unpaired) electrons. The van der Waals surface area contributed by atoms with Crippen molar-refractivity contribution < 1.29 is 56.2 Å². The van der Waals surface area contributed by atoms with Crippen molar-refractivity contribution in [3.05, 3.63) is 36.5 Å². The Hall–Kier alpha value is -1.68. The first-order valence-corrected chi connectivity index (χ1v) is 15.0. The standard InChI is InChI=1S/C27H46O12S/c1-3-4-5-6-7-8-9-10-11-12-13-14-15-16-17-35-19-22(37-21(2)29)20-36-27-25(31)26(39-40(32,33)34)24(30)23(18-28)38-27/h4-5,7-8,10-11,22-28,30-31H,3,6,9,12-20H2,1-2H3,(H,32,33,34)/b5-4-,8-7-,11-10-. The Balaban J connectivity index is 2.34. The summed E-state index contributed by atoms with van der Waals surface area (Å²) in [7, 11) is -5.04. The third-order valence-electron chi connectivity index (χ3n) is 5.83. The van der Waals surface area contributed by atoms with Gasteiger partial charge in [0.15, 0.2) is 6.29 Å². The zero-order valence-electron chi connectivity index (χ0n) is 23.4. The Kier molecular flexibility index (Phi) is 19.2. The minimum atomic E-state index is -5.04. The maximum absolute atomic E-state index is 11.5. The zero-order valence-corrected chi connectivity index (χ0v) is 24.2. The summed E-state index contributed by atoms with van der Waals surface area (Å²) in [5.74, 6) is -0.588. The van der Waals surface area contributed by atoms with Crippen LogP contribution in [0.3, 0.4) is 0 Å². The molecule has 12 nitrogen and oxygen atoms in total. The predicted octanol–water partition coefficient (Wildman–Crippen LogP) is 2.39. The topological polar surface area (TPSA) is 178 Å². The molecule has 6 unspecified atom stereocenters. The van der Waals surface area contributed by atoms with Crippen LogP contribution in [0.25, 0.3) is 0 Å². The summed E-state index contributed by atoms with van der Waals surface area (Å²) in [5, 5.41) is 29.8. The molecule has 4 N–H and O–H groups in total. The third kappa shape index (κ3) is 16.6. The van der Waals surface area contributed by atoms with E-state index in [4.69, 9.17) is 23.5 Å². The molecule has 13 heteroatoms. The van der Waals surface area contributed by atoms with Crippen molar-refractivity contribution in [3.63, 3.8) is 0 Å². The van der Waals surface area contributed by atoms with E-state index in [1.807, 2.05) is 0 Å². The van der Waals surface area contributed by atoms with Gasteiger partial charge in [0.25, 0.3) is 0 Å². The summed E-state index contributed by atoms with van der Waals surface area (Å²) < 4.78 is 57.0. The first kappa shape index (κ1) is 36.3. The van der Waals surface area contributed by atoms with E-state index in [1.54, 1.807) is 0 Å². The molecule has 6 atom stereocenters. The summed E-state index contributed by atoms with van der Waals surface area (Å²) in [6.07, 6.45) is 11.7. The van der Waals surface area contributed by atoms with Gasteiger partial charge < -0.3 is 34.3 Å². The van der Waals surface area contributed by atoms with Gasteiger partial charge in [0, 0.05) is 13.5 Å². The van der Waals surface area contributed by atoms with Crippen LogP contribution >= 0.6 is 0 Å². The lowest BCUT2D eigenvalue weighted by molar-refractivity contribution is -0.301. The Morgan fingerprint density at radius 3 is 2.23 bits per heavy atom. The number of carbonyl (C=O) groups excluding carboxylic acids is 1. The van der Waals surface area contributed by atoms with Crippen molar-refractivity contribution in [2.45, 2.75) is 102 Å². The number of esters is 1. The van der Waals surface area contributed by atoms with Crippen LogP contribution in [-0.2, 0) is 38.3 Å². The van der Waals surface area contributed by atoms with E-state index in [0.29, 0.717) is 6.61 Å². The second-order valence-corrected chi connectivity index (χ2v) is 10.4. The molecule has 1 fully saturated rings. The van der Waals surface area contributed by atoms with Crippen LogP contribution < -0.4 is 0 Å². The number of carbonyl (C=O) groups is 1. The number of unbranched alkanes of at least 4 members (excludes halogenated alkanes) is 4. The molecule has 0 amide bonds. The van der Waals surface area contributed by atoms with Gasteiger partial charge in [-0.05, 0) is 38.5 Å².